The van der Waals surface area contributed by atoms with E-state index in [1.807, 2.05) is 30.3 Å². The van der Waals surface area contributed by atoms with Gasteiger partial charge in [0.15, 0.2) is 0 Å². The monoisotopic (exact) mass is 256 g/mol. The second kappa shape index (κ2) is 6.91. The molecule has 0 aliphatic carbocycles. The molecule has 0 saturated carbocycles. The van der Waals surface area contributed by atoms with E-state index >= 15 is 0 Å². The summed E-state index contributed by atoms with van der Waals surface area (Å²) in [5, 5.41) is 0. The van der Waals surface area contributed by atoms with E-state index in [0.717, 1.165) is 5.56 Å². The van der Waals surface area contributed by atoms with Gasteiger partial charge >= 0.3 is 11.4 Å². The average Bonchev–Trinajstić information content (AvgIpc) is 2.29. The van der Waals surface area contributed by atoms with Crippen LogP contribution in [0.4, 0.5) is 4.79 Å². The lowest BCUT2D eigenvalue weighted by atomic mass is 10.1. The van der Waals surface area contributed by atoms with Crippen molar-refractivity contribution < 1.29 is 19.1 Å². The molecule has 0 heterocycles. The molecule has 0 spiro atoms. The summed E-state index contributed by atoms with van der Waals surface area (Å²) >= 11 is 5.11. The minimum Gasteiger partial charge on any atom is -0.463 e. The molecular formula is C12H13ClO4. The Morgan fingerprint density at radius 1 is 1.29 bits per heavy atom. The van der Waals surface area contributed by atoms with Crippen LogP contribution >= 0.6 is 11.6 Å². The molecule has 4 nitrogen and oxygen atoms in total. The molecule has 92 valence electrons. The number of hydrogen-bond acceptors (Lipinski definition) is 4. The first-order valence-electron chi connectivity index (χ1n) is 5.20. The Balaban J connectivity index is 2.70. The van der Waals surface area contributed by atoms with E-state index in [0.29, 0.717) is 0 Å². The van der Waals surface area contributed by atoms with E-state index in [1.165, 1.54) is 0 Å². The van der Waals surface area contributed by atoms with Crippen molar-refractivity contribution in [2.24, 2.45) is 0 Å². The summed E-state index contributed by atoms with van der Waals surface area (Å²) in [7, 11) is 0. The molecule has 0 fully saturated rings. The summed E-state index contributed by atoms with van der Waals surface area (Å²) in [6.45, 7) is 1.91. The van der Waals surface area contributed by atoms with E-state index in [2.05, 4.69) is 0 Å². The third-order valence-electron chi connectivity index (χ3n) is 2.05. The van der Waals surface area contributed by atoms with Crippen molar-refractivity contribution in [1.82, 2.24) is 0 Å². The van der Waals surface area contributed by atoms with E-state index in [-0.39, 0.29) is 13.0 Å². The highest BCUT2D eigenvalue weighted by Gasteiger charge is 2.23. The van der Waals surface area contributed by atoms with Gasteiger partial charge in [0.1, 0.15) is 0 Å². The van der Waals surface area contributed by atoms with Crippen molar-refractivity contribution in [3.05, 3.63) is 35.9 Å². The van der Waals surface area contributed by atoms with Gasteiger partial charge in [0.2, 0.25) is 6.10 Å². The zero-order valence-corrected chi connectivity index (χ0v) is 10.1. The second-order valence-electron chi connectivity index (χ2n) is 3.29. The van der Waals surface area contributed by atoms with Crippen LogP contribution in [-0.4, -0.2) is 24.1 Å². The van der Waals surface area contributed by atoms with Crippen molar-refractivity contribution in [1.29, 1.82) is 0 Å². The fourth-order valence-corrected chi connectivity index (χ4v) is 1.46. The van der Waals surface area contributed by atoms with Crippen LogP contribution in [-0.2, 0) is 20.7 Å². The van der Waals surface area contributed by atoms with E-state index in [4.69, 9.17) is 21.1 Å². The van der Waals surface area contributed by atoms with Crippen molar-refractivity contribution in [2.45, 2.75) is 19.4 Å². The molecule has 0 N–H and O–H groups in total. The Hall–Kier alpha value is -1.55. The highest BCUT2D eigenvalue weighted by molar-refractivity contribution is 6.61. The molecule has 0 aliphatic rings. The normalized spacial score (nSPS) is 11.6. The van der Waals surface area contributed by atoms with Gasteiger partial charge in [0, 0.05) is 18.0 Å². The Labute approximate surface area is 104 Å². The molecule has 1 unspecified atom stereocenters. The molecule has 0 saturated heterocycles. The van der Waals surface area contributed by atoms with E-state index in [1.54, 1.807) is 6.92 Å². The lowest BCUT2D eigenvalue weighted by molar-refractivity contribution is -0.152. The van der Waals surface area contributed by atoms with Crippen molar-refractivity contribution in [3.63, 3.8) is 0 Å². The summed E-state index contributed by atoms with van der Waals surface area (Å²) in [6, 6.07) is 9.18. The molecule has 17 heavy (non-hydrogen) atoms. The number of ether oxygens (including phenoxy) is 2. The average molecular weight is 257 g/mol. The summed E-state index contributed by atoms with van der Waals surface area (Å²) in [6.07, 6.45) is -0.750. The minimum absolute atomic E-state index is 0.226. The molecule has 0 bridgehead atoms. The molecule has 0 amide bonds. The van der Waals surface area contributed by atoms with Gasteiger partial charge < -0.3 is 9.47 Å². The fourth-order valence-electron chi connectivity index (χ4n) is 1.35. The first-order chi connectivity index (χ1) is 8.13. The number of carbonyl (C=O) groups excluding carboxylic acids is 2. The van der Waals surface area contributed by atoms with E-state index in [9.17, 15) is 9.59 Å². The Kier molecular flexibility index (Phi) is 5.49. The molecule has 0 radical (unpaired) electrons. The minimum atomic E-state index is -1.01. The first-order valence-corrected chi connectivity index (χ1v) is 5.58. The highest BCUT2D eigenvalue weighted by Crippen LogP contribution is 2.09. The largest absolute Gasteiger partial charge is 0.463 e. The van der Waals surface area contributed by atoms with Gasteiger partial charge in [-0.15, -0.1) is 0 Å². The Bertz CT molecular complexity index is 377. The Morgan fingerprint density at radius 3 is 2.47 bits per heavy atom. The van der Waals surface area contributed by atoms with Gasteiger partial charge in [-0.25, -0.2) is 9.59 Å². The van der Waals surface area contributed by atoms with Gasteiger partial charge in [-0.05, 0) is 12.5 Å². The van der Waals surface area contributed by atoms with Gasteiger partial charge in [0.25, 0.3) is 0 Å². The second-order valence-corrected chi connectivity index (χ2v) is 3.59. The van der Waals surface area contributed by atoms with Gasteiger partial charge in [-0.3, -0.25) is 0 Å². The van der Waals surface area contributed by atoms with Gasteiger partial charge in [-0.1, -0.05) is 30.3 Å². The third kappa shape index (κ3) is 4.87. The summed E-state index contributed by atoms with van der Waals surface area (Å²) in [4.78, 5) is 22.2. The fraction of sp³-hybridized carbons (Fsp3) is 0.333. The smallest absolute Gasteiger partial charge is 0.404 e. The van der Waals surface area contributed by atoms with Crippen LogP contribution < -0.4 is 0 Å². The molecule has 1 aromatic rings. The summed E-state index contributed by atoms with van der Waals surface area (Å²) < 4.78 is 9.52. The van der Waals surface area contributed by atoms with Crippen LogP contribution in [0, 0.1) is 0 Å². The quantitative estimate of drug-likeness (QED) is 0.600. The van der Waals surface area contributed by atoms with Crippen LogP contribution in [0.2, 0.25) is 0 Å². The van der Waals surface area contributed by atoms with E-state index < -0.39 is 17.5 Å². The predicted molar refractivity (Wildman–Crippen MR) is 62.9 cm³/mol. The maximum atomic E-state index is 11.5. The van der Waals surface area contributed by atoms with Crippen molar-refractivity contribution in [3.8, 4) is 0 Å². The predicted octanol–water partition coefficient (Wildman–Crippen LogP) is 2.54. The first kappa shape index (κ1) is 13.5. The zero-order chi connectivity index (χ0) is 12.7. The van der Waals surface area contributed by atoms with Crippen LogP contribution in [0.25, 0.3) is 0 Å². The molecule has 0 aromatic heterocycles. The highest BCUT2D eigenvalue weighted by atomic mass is 35.5. The van der Waals surface area contributed by atoms with Crippen LogP contribution in [0.3, 0.4) is 0 Å². The summed E-state index contributed by atoms with van der Waals surface area (Å²) in [5.41, 5.74) is -0.151. The number of benzene rings is 1. The number of esters is 1. The molecule has 0 aliphatic heterocycles. The lowest BCUT2D eigenvalue weighted by Crippen LogP contribution is -2.29. The Morgan fingerprint density at radius 2 is 1.94 bits per heavy atom. The lowest BCUT2D eigenvalue weighted by Gasteiger charge is -2.14. The van der Waals surface area contributed by atoms with Crippen LogP contribution in [0.5, 0.6) is 0 Å². The van der Waals surface area contributed by atoms with Crippen LogP contribution in [0.1, 0.15) is 12.5 Å². The zero-order valence-electron chi connectivity index (χ0n) is 9.39. The SMILES string of the molecule is CCOC(=O)C(Cc1ccccc1)OC(=O)Cl. The van der Waals surface area contributed by atoms with Crippen molar-refractivity contribution >= 4 is 23.0 Å². The summed E-state index contributed by atoms with van der Waals surface area (Å²) in [5.74, 6) is -0.592. The van der Waals surface area contributed by atoms with Crippen molar-refractivity contribution in [2.75, 3.05) is 6.61 Å². The maximum absolute atomic E-state index is 11.5. The number of halogens is 1. The standard InChI is InChI=1S/C12H13ClO4/c1-2-16-11(14)10(17-12(13)15)8-9-6-4-3-5-7-9/h3-7,10H,2,8H2,1H3. The topological polar surface area (TPSA) is 52.6 Å². The number of hydrogen-bond donors (Lipinski definition) is 0. The molecule has 5 heteroatoms. The molecule has 1 atom stereocenters. The molecule has 1 rings (SSSR count). The number of rotatable bonds is 5. The third-order valence-corrected chi connectivity index (χ3v) is 2.14. The molecular weight excluding hydrogens is 244 g/mol. The van der Waals surface area contributed by atoms with Crippen LogP contribution in [0.15, 0.2) is 30.3 Å². The maximum Gasteiger partial charge on any atom is 0.404 e. The number of carbonyl (C=O) groups is 2. The van der Waals surface area contributed by atoms with Gasteiger partial charge in [-0.2, -0.15) is 0 Å². The molecule has 1 aromatic carbocycles. The van der Waals surface area contributed by atoms with Gasteiger partial charge in [0.05, 0.1) is 6.61 Å².